The summed E-state index contributed by atoms with van der Waals surface area (Å²) >= 11 is 1.29. The number of nitrogens with zero attached hydrogens (tertiary/aromatic N) is 1. The Morgan fingerprint density at radius 1 is 1.22 bits per heavy atom. The van der Waals surface area contributed by atoms with Crippen molar-refractivity contribution in [2.75, 3.05) is 7.11 Å². The van der Waals surface area contributed by atoms with Crippen LogP contribution in [0.4, 0.5) is 14.5 Å². The number of nitrogens with two attached hydrogens (primary N) is 1. The van der Waals surface area contributed by atoms with Crippen molar-refractivity contribution in [1.82, 2.24) is 5.32 Å². The molecule has 0 saturated carbocycles. The van der Waals surface area contributed by atoms with Crippen LogP contribution in [0.25, 0.3) is 0 Å². The molecule has 0 fully saturated rings. The van der Waals surface area contributed by atoms with E-state index in [0.29, 0.717) is 5.56 Å². The van der Waals surface area contributed by atoms with Crippen molar-refractivity contribution >= 4 is 47.8 Å². The number of aliphatic hydroxyl groups is 1. The molecule has 0 aliphatic rings. The van der Waals surface area contributed by atoms with Crippen LogP contribution in [0.1, 0.15) is 16.7 Å². The third kappa shape index (κ3) is 6.25. The highest BCUT2D eigenvalue weighted by Gasteiger charge is 2.28. The Morgan fingerprint density at radius 2 is 1.97 bits per heavy atom. The number of halogens is 2. The highest BCUT2D eigenvalue weighted by Crippen LogP contribution is 2.28. The van der Waals surface area contributed by atoms with Crippen LogP contribution in [0.2, 0.25) is 0 Å². The number of benzene rings is 2. The molecule has 1 amide bonds. The normalized spacial score (nSPS) is 12.7. The third-order valence-corrected chi connectivity index (χ3v) is 6.70. The Labute approximate surface area is 210 Å². The van der Waals surface area contributed by atoms with E-state index in [0.717, 1.165) is 17.7 Å². The summed E-state index contributed by atoms with van der Waals surface area (Å²) in [6.07, 6.45) is 0. The van der Waals surface area contributed by atoms with E-state index in [4.69, 9.17) is 15.7 Å². The Bertz CT molecular complexity index is 1390. The molecule has 0 aliphatic carbocycles. The largest absolute Gasteiger partial charge is 0.550 e. The fourth-order valence-electron chi connectivity index (χ4n) is 3.09. The number of aliphatic hydroxyl groups excluding tert-OH is 1. The molecule has 1 aromatic heterocycles. The summed E-state index contributed by atoms with van der Waals surface area (Å²) < 4.78 is 44.1. The number of rotatable bonds is 9. The van der Waals surface area contributed by atoms with Crippen LogP contribution in [-0.4, -0.2) is 29.7 Å². The molecule has 1 heterocycles. The second-order valence-electron chi connectivity index (χ2n) is 7.47. The fraction of sp³-hybridized carbons (Fsp3) is 0.125. The standard InChI is InChI=1S/C24H21F2N4O4PS/c1-13-3-6-18(19(9-13)35(33)34-2)30-23(28)20(22(31)21(27)15-7-8-36-12-15)24(32)29-11-14-4-5-16(25)17(26)10-14/h3-10,12,27H,11H2,1-2H3,(H3-,28,29,30,31,32,33)/p+1. The maximum Gasteiger partial charge on any atom is 0.550 e. The highest BCUT2D eigenvalue weighted by molar-refractivity contribution is 7.48. The second-order valence-corrected chi connectivity index (χ2v) is 9.61. The molecule has 186 valence electrons. The van der Waals surface area contributed by atoms with Crippen LogP contribution in [0.3, 0.4) is 0 Å². The molecule has 5 N–H and O–H groups in total. The summed E-state index contributed by atoms with van der Waals surface area (Å²) in [6.45, 7) is 1.56. The lowest BCUT2D eigenvalue weighted by molar-refractivity contribution is -0.117. The maximum absolute atomic E-state index is 13.5. The molecule has 3 aromatic rings. The zero-order valence-corrected chi connectivity index (χ0v) is 20.9. The number of carbonyl (C=O) groups is 1. The van der Waals surface area contributed by atoms with Crippen LogP contribution in [0, 0.1) is 24.0 Å². The molecule has 8 nitrogen and oxygen atoms in total. The van der Waals surface area contributed by atoms with E-state index in [-0.39, 0.29) is 28.8 Å². The van der Waals surface area contributed by atoms with Crippen LogP contribution in [0.15, 0.2) is 69.5 Å². The lowest BCUT2D eigenvalue weighted by Gasteiger charge is -2.12. The molecule has 0 radical (unpaired) electrons. The monoisotopic (exact) mass is 531 g/mol. The van der Waals surface area contributed by atoms with Gasteiger partial charge in [-0.25, -0.2) is 13.8 Å². The minimum absolute atomic E-state index is 0.141. The zero-order valence-electron chi connectivity index (χ0n) is 19.2. The fourth-order valence-corrected chi connectivity index (χ4v) is 4.56. The van der Waals surface area contributed by atoms with E-state index in [1.165, 1.54) is 30.6 Å². The van der Waals surface area contributed by atoms with Crippen molar-refractivity contribution in [3.05, 3.63) is 92.9 Å². The molecule has 36 heavy (non-hydrogen) atoms. The smallest absolute Gasteiger partial charge is 0.505 e. The first kappa shape index (κ1) is 26.8. The Kier molecular flexibility index (Phi) is 8.76. The van der Waals surface area contributed by atoms with Crippen LogP contribution < -0.4 is 16.4 Å². The van der Waals surface area contributed by atoms with Crippen molar-refractivity contribution < 1.29 is 27.8 Å². The summed E-state index contributed by atoms with van der Waals surface area (Å²) in [5, 5.41) is 25.2. The van der Waals surface area contributed by atoms with E-state index in [2.05, 4.69) is 10.3 Å². The number of aliphatic imine (C=N–C) groups is 1. The van der Waals surface area contributed by atoms with Gasteiger partial charge in [-0.05, 0) is 58.3 Å². The van der Waals surface area contributed by atoms with Gasteiger partial charge in [0.05, 0.1) is 7.11 Å². The Hall–Kier alpha value is -3.79. The van der Waals surface area contributed by atoms with Crippen LogP contribution >= 0.6 is 19.4 Å². The number of amidine groups is 1. The topological polar surface area (TPSA) is 138 Å². The van der Waals surface area contributed by atoms with Crippen molar-refractivity contribution in [2.45, 2.75) is 13.5 Å². The molecule has 1 unspecified atom stereocenters. The van der Waals surface area contributed by atoms with E-state index in [1.807, 2.05) is 0 Å². The number of aryl methyl sites for hydroxylation is 1. The van der Waals surface area contributed by atoms with Gasteiger partial charge < -0.3 is 16.2 Å². The molecular formula is C24H22F2N4O4PS+. The molecule has 2 aromatic carbocycles. The molecule has 0 saturated heterocycles. The zero-order chi connectivity index (χ0) is 26.4. The summed E-state index contributed by atoms with van der Waals surface area (Å²) in [4.78, 5) is 17.3. The maximum atomic E-state index is 13.5. The van der Waals surface area contributed by atoms with Crippen molar-refractivity contribution in [3.63, 3.8) is 0 Å². The minimum Gasteiger partial charge on any atom is -0.505 e. The molecule has 0 spiro atoms. The van der Waals surface area contributed by atoms with Gasteiger partial charge in [-0.15, -0.1) is 4.52 Å². The number of allylic oxidation sites excluding steroid dienone is 1. The van der Waals surface area contributed by atoms with Gasteiger partial charge in [-0.2, -0.15) is 11.3 Å². The molecule has 0 aliphatic heterocycles. The minimum atomic E-state index is -2.27. The number of thiophene rings is 1. The Balaban J connectivity index is 2.03. The van der Waals surface area contributed by atoms with E-state index in [9.17, 15) is 23.2 Å². The molecular weight excluding hydrogens is 509 g/mol. The molecule has 3 rings (SSSR count). The van der Waals surface area contributed by atoms with Gasteiger partial charge in [0.25, 0.3) is 5.91 Å². The number of hydrogen-bond acceptors (Lipinski definition) is 7. The van der Waals surface area contributed by atoms with Crippen molar-refractivity contribution in [2.24, 2.45) is 10.7 Å². The summed E-state index contributed by atoms with van der Waals surface area (Å²) in [6, 6.07) is 9.51. The number of amides is 1. The van der Waals surface area contributed by atoms with Gasteiger partial charge in [-0.3, -0.25) is 10.2 Å². The van der Waals surface area contributed by atoms with Gasteiger partial charge >= 0.3 is 8.03 Å². The number of carbonyl (C=O) groups excluding carboxylic acids is 1. The number of hydrogen-bond donors (Lipinski definition) is 4. The first-order chi connectivity index (χ1) is 17.1. The predicted octanol–water partition coefficient (Wildman–Crippen LogP) is 4.53. The number of nitrogens with one attached hydrogen (secondary N) is 2. The van der Waals surface area contributed by atoms with Crippen molar-refractivity contribution in [3.8, 4) is 0 Å². The summed E-state index contributed by atoms with van der Waals surface area (Å²) in [5.74, 6) is -4.24. The first-order valence-corrected chi connectivity index (χ1v) is 12.5. The van der Waals surface area contributed by atoms with Gasteiger partial charge in [0.2, 0.25) is 5.30 Å². The summed E-state index contributed by atoms with van der Waals surface area (Å²) in [7, 11) is -1.01. The van der Waals surface area contributed by atoms with E-state index >= 15 is 0 Å². The van der Waals surface area contributed by atoms with Gasteiger partial charge in [0.15, 0.2) is 17.4 Å². The lowest BCUT2D eigenvalue weighted by atomic mass is 10.1. The van der Waals surface area contributed by atoms with E-state index in [1.54, 1.807) is 35.9 Å². The highest BCUT2D eigenvalue weighted by atomic mass is 32.1. The average Bonchev–Trinajstić information content (AvgIpc) is 3.40. The first-order valence-electron chi connectivity index (χ1n) is 10.4. The van der Waals surface area contributed by atoms with Gasteiger partial charge in [0.1, 0.15) is 22.8 Å². The van der Waals surface area contributed by atoms with E-state index < -0.39 is 42.7 Å². The predicted molar refractivity (Wildman–Crippen MR) is 136 cm³/mol. The SMILES string of the molecule is CO[P+](=O)c1cc(C)ccc1N=C(N)C(C(=O)NCc1ccc(F)c(F)c1)=C(O)C(=N)c1ccsc1. The third-order valence-electron chi connectivity index (χ3n) is 4.94. The second kappa shape index (κ2) is 11.8. The molecule has 0 bridgehead atoms. The van der Waals surface area contributed by atoms with Crippen LogP contribution in [0.5, 0.6) is 0 Å². The van der Waals surface area contributed by atoms with Crippen molar-refractivity contribution in [1.29, 1.82) is 5.41 Å². The lowest BCUT2D eigenvalue weighted by Crippen LogP contribution is -2.34. The van der Waals surface area contributed by atoms with Gasteiger partial charge in [0, 0.05) is 17.5 Å². The quantitative estimate of drug-likeness (QED) is 0.106. The van der Waals surface area contributed by atoms with Gasteiger partial charge in [-0.1, -0.05) is 12.1 Å². The average molecular weight is 532 g/mol. The molecule has 12 heteroatoms. The molecule has 1 atom stereocenters. The van der Waals surface area contributed by atoms with Crippen LogP contribution in [-0.2, 0) is 20.4 Å². The Morgan fingerprint density at radius 3 is 2.61 bits per heavy atom. The summed E-state index contributed by atoms with van der Waals surface area (Å²) in [5.41, 5.74) is 6.76.